The van der Waals surface area contributed by atoms with Gasteiger partial charge in [0.15, 0.2) is 17.3 Å². The molecule has 0 aliphatic carbocycles. The number of carbonyl (C=O) groups excluding carboxylic acids is 1. The van der Waals surface area contributed by atoms with Crippen molar-refractivity contribution in [3.8, 4) is 11.5 Å². The Bertz CT molecular complexity index is 581. The normalized spacial score (nSPS) is 19.3. The number of ether oxygens (including phenoxy) is 4. The lowest BCUT2D eigenvalue weighted by molar-refractivity contribution is -0.159. The van der Waals surface area contributed by atoms with Crippen LogP contribution >= 0.6 is 0 Å². The molecule has 0 aromatic heterocycles. The smallest absolute Gasteiger partial charge is 0.245 e. The molecule has 1 aromatic rings. The van der Waals surface area contributed by atoms with Crippen LogP contribution in [0.3, 0.4) is 0 Å². The summed E-state index contributed by atoms with van der Waals surface area (Å²) < 4.78 is 21.8. The van der Waals surface area contributed by atoms with E-state index in [0.29, 0.717) is 37.9 Å². The first-order chi connectivity index (χ1) is 10.7. The first-order valence-corrected chi connectivity index (χ1v) is 7.15. The van der Waals surface area contributed by atoms with E-state index in [4.69, 9.17) is 18.9 Å². The van der Waals surface area contributed by atoms with Gasteiger partial charge in [-0.25, -0.2) is 5.43 Å². The average molecular weight is 306 g/mol. The largest absolute Gasteiger partial charge is 0.486 e. The summed E-state index contributed by atoms with van der Waals surface area (Å²) in [7, 11) is 0. The minimum Gasteiger partial charge on any atom is -0.486 e. The molecular formula is C15H18N2O5. The van der Waals surface area contributed by atoms with E-state index in [-0.39, 0.29) is 12.3 Å². The average Bonchev–Trinajstić information content (AvgIpc) is 2.93. The molecule has 2 aliphatic rings. The highest BCUT2D eigenvalue weighted by atomic mass is 16.7. The van der Waals surface area contributed by atoms with Crippen LogP contribution in [-0.4, -0.2) is 44.3 Å². The molecule has 1 saturated heterocycles. The van der Waals surface area contributed by atoms with E-state index >= 15 is 0 Å². The molecule has 1 aromatic carbocycles. The summed E-state index contributed by atoms with van der Waals surface area (Å²) in [5.41, 5.74) is 3.21. The van der Waals surface area contributed by atoms with Crippen LogP contribution in [0.1, 0.15) is 18.9 Å². The van der Waals surface area contributed by atoms with E-state index in [2.05, 4.69) is 10.5 Å². The van der Waals surface area contributed by atoms with Gasteiger partial charge in [0.05, 0.1) is 25.8 Å². The van der Waals surface area contributed by atoms with Gasteiger partial charge in [-0.1, -0.05) is 6.07 Å². The highest BCUT2D eigenvalue weighted by Crippen LogP contribution is 2.32. The number of amides is 1. The van der Waals surface area contributed by atoms with Crippen molar-refractivity contribution in [3.63, 3.8) is 0 Å². The summed E-state index contributed by atoms with van der Waals surface area (Å²) in [5, 5.41) is 3.95. The number of nitrogens with one attached hydrogen (secondary N) is 1. The summed E-state index contributed by atoms with van der Waals surface area (Å²) in [6.45, 7) is 3.77. The van der Waals surface area contributed by atoms with E-state index in [9.17, 15) is 4.79 Å². The van der Waals surface area contributed by atoms with Crippen molar-refractivity contribution in [2.45, 2.75) is 19.1 Å². The Morgan fingerprint density at radius 2 is 2.05 bits per heavy atom. The molecule has 7 nitrogen and oxygen atoms in total. The number of hydrogen-bond donors (Lipinski definition) is 1. The number of hydrogen-bond acceptors (Lipinski definition) is 6. The van der Waals surface area contributed by atoms with Gasteiger partial charge in [0.25, 0.3) is 0 Å². The van der Waals surface area contributed by atoms with Gasteiger partial charge in [-0.3, -0.25) is 4.79 Å². The quantitative estimate of drug-likeness (QED) is 0.665. The minimum absolute atomic E-state index is 0.0941. The predicted octanol–water partition coefficient (Wildman–Crippen LogP) is 1.06. The Balaban J connectivity index is 1.59. The second-order valence-corrected chi connectivity index (χ2v) is 5.17. The van der Waals surface area contributed by atoms with E-state index in [0.717, 1.165) is 5.56 Å². The maximum absolute atomic E-state index is 11.8. The van der Waals surface area contributed by atoms with Gasteiger partial charge >= 0.3 is 0 Å². The van der Waals surface area contributed by atoms with Crippen molar-refractivity contribution in [1.29, 1.82) is 0 Å². The molecule has 1 amide bonds. The van der Waals surface area contributed by atoms with Gasteiger partial charge in [-0.15, -0.1) is 0 Å². The lowest BCUT2D eigenvalue weighted by atomic mass is 10.2. The summed E-state index contributed by atoms with van der Waals surface area (Å²) >= 11 is 0. The maximum Gasteiger partial charge on any atom is 0.245 e. The number of hydrazone groups is 1. The molecule has 22 heavy (non-hydrogen) atoms. The topological polar surface area (TPSA) is 78.4 Å². The molecule has 0 spiro atoms. The van der Waals surface area contributed by atoms with Crippen molar-refractivity contribution in [3.05, 3.63) is 23.8 Å². The molecule has 7 heteroatoms. The maximum atomic E-state index is 11.8. The fourth-order valence-corrected chi connectivity index (χ4v) is 2.36. The van der Waals surface area contributed by atoms with Gasteiger partial charge in [-0.2, -0.15) is 5.10 Å². The van der Waals surface area contributed by atoms with Crippen LogP contribution in [-0.2, 0) is 14.3 Å². The van der Waals surface area contributed by atoms with Crippen LogP contribution in [0.5, 0.6) is 11.5 Å². The molecule has 118 valence electrons. The van der Waals surface area contributed by atoms with Crippen molar-refractivity contribution < 1.29 is 23.7 Å². The molecule has 0 saturated carbocycles. The van der Waals surface area contributed by atoms with Gasteiger partial charge in [-0.05, 0) is 19.1 Å². The molecule has 1 fully saturated rings. The number of rotatable bonds is 4. The van der Waals surface area contributed by atoms with Crippen LogP contribution in [0, 0.1) is 0 Å². The highest BCUT2D eigenvalue weighted by molar-refractivity contribution is 5.86. The minimum atomic E-state index is -0.859. The Labute approximate surface area is 128 Å². The number of fused-ring (bicyclic) bond motifs is 1. The zero-order chi connectivity index (χ0) is 15.4. The molecule has 2 heterocycles. The van der Waals surface area contributed by atoms with Crippen LogP contribution in [0.2, 0.25) is 0 Å². The van der Waals surface area contributed by atoms with Crippen LogP contribution in [0.15, 0.2) is 23.3 Å². The van der Waals surface area contributed by atoms with Gasteiger partial charge in [0.2, 0.25) is 5.91 Å². The lowest BCUT2D eigenvalue weighted by Gasteiger charge is -2.20. The Morgan fingerprint density at radius 3 is 2.86 bits per heavy atom. The third-order valence-corrected chi connectivity index (χ3v) is 3.37. The first-order valence-electron chi connectivity index (χ1n) is 7.15. The number of carbonyl (C=O) groups is 1. The Kier molecular flexibility index (Phi) is 4.26. The first kappa shape index (κ1) is 14.8. The molecule has 0 unspecified atom stereocenters. The van der Waals surface area contributed by atoms with Crippen molar-refractivity contribution >= 4 is 12.1 Å². The number of para-hydroxylation sites is 1. The fourth-order valence-electron chi connectivity index (χ4n) is 2.36. The third kappa shape index (κ3) is 3.37. The molecule has 3 rings (SSSR count). The lowest BCUT2D eigenvalue weighted by Crippen LogP contribution is -2.33. The van der Waals surface area contributed by atoms with Gasteiger partial charge in [0, 0.05) is 5.56 Å². The molecule has 0 atom stereocenters. The summed E-state index contributed by atoms with van der Waals surface area (Å²) in [6.07, 6.45) is 1.63. The molecular weight excluding hydrogens is 288 g/mol. The van der Waals surface area contributed by atoms with E-state index in [1.807, 2.05) is 18.2 Å². The van der Waals surface area contributed by atoms with Gasteiger partial charge < -0.3 is 18.9 Å². The molecule has 2 aliphatic heterocycles. The highest BCUT2D eigenvalue weighted by Gasteiger charge is 2.33. The van der Waals surface area contributed by atoms with Crippen molar-refractivity contribution in [1.82, 2.24) is 5.43 Å². The van der Waals surface area contributed by atoms with Crippen LogP contribution in [0.25, 0.3) is 0 Å². The second-order valence-electron chi connectivity index (χ2n) is 5.17. The third-order valence-electron chi connectivity index (χ3n) is 3.37. The van der Waals surface area contributed by atoms with Crippen LogP contribution < -0.4 is 14.9 Å². The summed E-state index contributed by atoms with van der Waals surface area (Å²) in [4.78, 5) is 11.8. The van der Waals surface area contributed by atoms with Crippen molar-refractivity contribution in [2.24, 2.45) is 5.10 Å². The molecule has 0 bridgehead atoms. The summed E-state index contributed by atoms with van der Waals surface area (Å²) in [6, 6.07) is 5.52. The Morgan fingerprint density at radius 1 is 1.27 bits per heavy atom. The summed E-state index contributed by atoms with van der Waals surface area (Å²) in [5.74, 6) is 0.188. The van der Waals surface area contributed by atoms with E-state index < -0.39 is 5.79 Å². The zero-order valence-electron chi connectivity index (χ0n) is 12.3. The standard InChI is InChI=1S/C15H18N2O5/c1-15(21-7-8-22-15)9-13(18)17-16-10-11-3-2-4-12-14(11)20-6-5-19-12/h2-4,10H,5-9H2,1H3,(H,17,18)/b16-10-. The van der Waals surface area contributed by atoms with E-state index in [1.54, 1.807) is 6.92 Å². The predicted molar refractivity (Wildman–Crippen MR) is 78.1 cm³/mol. The SMILES string of the molecule is CC1(CC(=O)N/N=C\c2cccc3c2OCCO3)OCCO1. The molecule has 0 radical (unpaired) electrons. The number of nitrogens with zero attached hydrogens (tertiary/aromatic N) is 1. The Hall–Kier alpha value is -2.12. The van der Waals surface area contributed by atoms with Crippen LogP contribution in [0.4, 0.5) is 0 Å². The van der Waals surface area contributed by atoms with Gasteiger partial charge in [0.1, 0.15) is 13.2 Å². The number of benzene rings is 1. The van der Waals surface area contributed by atoms with Crippen molar-refractivity contribution in [2.75, 3.05) is 26.4 Å². The molecule has 1 N–H and O–H groups in total. The monoisotopic (exact) mass is 306 g/mol. The zero-order valence-corrected chi connectivity index (χ0v) is 12.3. The van der Waals surface area contributed by atoms with E-state index in [1.165, 1.54) is 6.21 Å². The second kappa shape index (κ2) is 6.33. The fraction of sp³-hybridized carbons (Fsp3) is 0.467.